The van der Waals surface area contributed by atoms with E-state index in [4.69, 9.17) is 9.90 Å². The van der Waals surface area contributed by atoms with Crippen LogP contribution in [0.2, 0.25) is 0 Å². The van der Waals surface area contributed by atoms with Crippen molar-refractivity contribution in [2.24, 2.45) is 17.8 Å². The molecule has 3 fully saturated rings. The normalized spacial score (nSPS) is 25.9. The van der Waals surface area contributed by atoms with E-state index >= 15 is 0 Å². The number of hydrogen-bond acceptors (Lipinski definition) is 5. The summed E-state index contributed by atoms with van der Waals surface area (Å²) in [4.78, 5) is 39.0. The molecule has 1 saturated carbocycles. The molecule has 160 valence electrons. The summed E-state index contributed by atoms with van der Waals surface area (Å²) in [6.45, 7) is 5.44. The summed E-state index contributed by atoms with van der Waals surface area (Å²) in [6, 6.07) is 4.02. The van der Waals surface area contributed by atoms with E-state index in [9.17, 15) is 9.59 Å². The second-order valence-electron chi connectivity index (χ2n) is 8.10. The van der Waals surface area contributed by atoms with E-state index in [1.807, 2.05) is 22.4 Å². The molecule has 29 heavy (non-hydrogen) atoms. The van der Waals surface area contributed by atoms with Crippen molar-refractivity contribution in [1.29, 1.82) is 0 Å². The average Bonchev–Trinajstić information content (AvgIpc) is 3.37. The van der Waals surface area contributed by atoms with Crippen molar-refractivity contribution < 1.29 is 19.5 Å². The fourth-order valence-electron chi connectivity index (χ4n) is 4.76. The minimum absolute atomic E-state index is 0.107. The summed E-state index contributed by atoms with van der Waals surface area (Å²) in [5.74, 6) is 1.53. The molecule has 2 aliphatic heterocycles. The lowest BCUT2D eigenvalue weighted by atomic mass is 9.61. The fourth-order valence-corrected chi connectivity index (χ4v) is 5.46. The third-order valence-electron chi connectivity index (χ3n) is 6.40. The molecule has 3 atom stereocenters. The first-order valence-electron chi connectivity index (χ1n) is 10.5. The Bertz CT molecular complexity index is 675. The molecule has 0 spiro atoms. The molecule has 2 saturated heterocycles. The Morgan fingerprint density at radius 2 is 2.03 bits per heavy atom. The van der Waals surface area contributed by atoms with Gasteiger partial charge >= 0.3 is 0 Å². The van der Waals surface area contributed by atoms with Gasteiger partial charge in [-0.15, -0.1) is 11.3 Å². The molecule has 2 amide bonds. The van der Waals surface area contributed by atoms with Crippen LogP contribution in [-0.4, -0.2) is 72.5 Å². The first kappa shape index (κ1) is 21.8. The number of thiophene rings is 1. The lowest BCUT2D eigenvalue weighted by Crippen LogP contribution is -2.56. The summed E-state index contributed by atoms with van der Waals surface area (Å²) in [5.41, 5.74) is 0. The maximum atomic E-state index is 12.6. The second kappa shape index (κ2) is 10.7. The van der Waals surface area contributed by atoms with Gasteiger partial charge in [-0.2, -0.15) is 0 Å². The Balaban J connectivity index is 0.000000755. The van der Waals surface area contributed by atoms with Crippen LogP contribution < -0.4 is 5.32 Å². The number of piperidine rings is 1. The van der Waals surface area contributed by atoms with Crippen molar-refractivity contribution in [1.82, 2.24) is 15.1 Å². The first-order valence-corrected chi connectivity index (χ1v) is 11.4. The molecule has 0 unspecified atom stereocenters. The highest BCUT2D eigenvalue weighted by atomic mass is 32.1. The highest BCUT2D eigenvalue weighted by Crippen LogP contribution is 2.45. The molecule has 2 N–H and O–H groups in total. The third-order valence-corrected chi connectivity index (χ3v) is 7.28. The van der Waals surface area contributed by atoms with Gasteiger partial charge in [-0.3, -0.25) is 14.4 Å². The molecular weight excluding hydrogens is 390 g/mol. The van der Waals surface area contributed by atoms with Crippen molar-refractivity contribution in [3.8, 4) is 0 Å². The summed E-state index contributed by atoms with van der Waals surface area (Å²) in [5, 5.41) is 12.0. The van der Waals surface area contributed by atoms with E-state index in [0.717, 1.165) is 43.9 Å². The van der Waals surface area contributed by atoms with Crippen LogP contribution in [-0.2, 0) is 20.8 Å². The number of carbonyl (C=O) groups is 3. The SMILES string of the molecule is O=C(NCCN1CCCC1)[C@@H]1C[C@H]2CCN(C(=O)Cc3cccs3)C[C@H]21.O=CO. The largest absolute Gasteiger partial charge is 0.483 e. The van der Waals surface area contributed by atoms with Gasteiger partial charge in [-0.1, -0.05) is 6.07 Å². The third kappa shape index (κ3) is 5.79. The number of amides is 2. The second-order valence-corrected chi connectivity index (χ2v) is 9.13. The van der Waals surface area contributed by atoms with Crippen LogP contribution in [0.5, 0.6) is 0 Å². The summed E-state index contributed by atoms with van der Waals surface area (Å²) in [7, 11) is 0. The maximum Gasteiger partial charge on any atom is 0.290 e. The monoisotopic (exact) mass is 421 g/mol. The summed E-state index contributed by atoms with van der Waals surface area (Å²) in [6.07, 6.45) is 5.14. The Labute approximate surface area is 176 Å². The Kier molecular flexibility index (Phi) is 8.06. The van der Waals surface area contributed by atoms with Crippen LogP contribution in [0.15, 0.2) is 17.5 Å². The number of carboxylic acid groups (broad SMARTS) is 1. The van der Waals surface area contributed by atoms with Crippen LogP contribution >= 0.6 is 11.3 Å². The first-order chi connectivity index (χ1) is 14.1. The Morgan fingerprint density at radius 1 is 1.28 bits per heavy atom. The van der Waals surface area contributed by atoms with E-state index in [-0.39, 0.29) is 24.2 Å². The molecule has 1 aromatic rings. The molecule has 4 rings (SSSR count). The number of nitrogens with one attached hydrogen (secondary N) is 1. The molecule has 1 aliphatic carbocycles. The van der Waals surface area contributed by atoms with Crippen LogP contribution in [0.4, 0.5) is 0 Å². The molecule has 1 aromatic heterocycles. The number of carbonyl (C=O) groups excluding carboxylic acids is 2. The van der Waals surface area contributed by atoms with Crippen molar-refractivity contribution >= 4 is 29.6 Å². The van der Waals surface area contributed by atoms with Gasteiger partial charge in [0.05, 0.1) is 6.42 Å². The Hall–Kier alpha value is -1.93. The van der Waals surface area contributed by atoms with E-state index in [1.54, 1.807) is 11.3 Å². The van der Waals surface area contributed by atoms with Crippen LogP contribution in [0, 0.1) is 17.8 Å². The van der Waals surface area contributed by atoms with E-state index in [1.165, 1.54) is 25.9 Å². The number of likely N-dealkylation sites (tertiary alicyclic amines) is 2. The standard InChI is InChI=1S/C20H29N3O2S.CH2O2/c24-19(13-16-4-3-11-26-16)23-9-5-15-12-17(18(15)14-23)20(25)21-6-10-22-7-1-2-8-22;2-1-3/h3-4,11,15,17-18H,1-2,5-10,12-14H2,(H,21,25);1H,(H,2,3)/t15-,17-,18-;/m1./s1. The van der Waals surface area contributed by atoms with Crippen molar-refractivity contribution in [2.45, 2.75) is 32.1 Å². The van der Waals surface area contributed by atoms with E-state index in [2.05, 4.69) is 10.2 Å². The molecular formula is C21H31N3O4S. The predicted molar refractivity (Wildman–Crippen MR) is 112 cm³/mol. The molecule has 0 aromatic carbocycles. The van der Waals surface area contributed by atoms with E-state index in [0.29, 0.717) is 18.3 Å². The summed E-state index contributed by atoms with van der Waals surface area (Å²) < 4.78 is 0. The number of rotatable bonds is 6. The molecule has 3 heterocycles. The van der Waals surface area contributed by atoms with Crippen molar-refractivity contribution in [2.75, 3.05) is 39.3 Å². The minimum atomic E-state index is -0.250. The zero-order valence-electron chi connectivity index (χ0n) is 16.8. The lowest BCUT2D eigenvalue weighted by Gasteiger charge is -2.50. The zero-order valence-corrected chi connectivity index (χ0v) is 17.6. The number of hydrogen-bond donors (Lipinski definition) is 2. The highest BCUT2D eigenvalue weighted by Gasteiger charge is 2.48. The Morgan fingerprint density at radius 3 is 2.72 bits per heavy atom. The topological polar surface area (TPSA) is 90.0 Å². The zero-order chi connectivity index (χ0) is 20.6. The smallest absolute Gasteiger partial charge is 0.290 e. The molecule has 0 radical (unpaired) electrons. The van der Waals surface area contributed by atoms with Crippen molar-refractivity contribution in [3.05, 3.63) is 22.4 Å². The minimum Gasteiger partial charge on any atom is -0.483 e. The lowest BCUT2D eigenvalue weighted by molar-refractivity contribution is -0.145. The highest BCUT2D eigenvalue weighted by molar-refractivity contribution is 7.10. The van der Waals surface area contributed by atoms with Crippen LogP contribution in [0.1, 0.15) is 30.6 Å². The van der Waals surface area contributed by atoms with Gasteiger partial charge in [0.25, 0.3) is 6.47 Å². The van der Waals surface area contributed by atoms with Gasteiger partial charge in [0, 0.05) is 37.0 Å². The number of nitrogens with zero attached hydrogens (tertiary/aromatic N) is 2. The predicted octanol–water partition coefficient (Wildman–Crippen LogP) is 1.69. The average molecular weight is 422 g/mol. The van der Waals surface area contributed by atoms with Gasteiger partial charge in [0.15, 0.2) is 0 Å². The van der Waals surface area contributed by atoms with Gasteiger partial charge in [0.1, 0.15) is 0 Å². The molecule has 3 aliphatic rings. The fraction of sp³-hybridized carbons (Fsp3) is 0.667. The maximum absolute atomic E-state index is 12.6. The van der Waals surface area contributed by atoms with E-state index < -0.39 is 0 Å². The van der Waals surface area contributed by atoms with Gasteiger partial charge in [0.2, 0.25) is 11.8 Å². The summed E-state index contributed by atoms with van der Waals surface area (Å²) >= 11 is 1.64. The number of fused-ring (bicyclic) bond motifs is 1. The van der Waals surface area contributed by atoms with Crippen LogP contribution in [0.25, 0.3) is 0 Å². The molecule has 0 bridgehead atoms. The van der Waals surface area contributed by atoms with Gasteiger partial charge in [-0.25, -0.2) is 0 Å². The van der Waals surface area contributed by atoms with Gasteiger partial charge < -0.3 is 20.2 Å². The van der Waals surface area contributed by atoms with Gasteiger partial charge in [-0.05, 0) is 62.1 Å². The molecule has 8 heteroatoms. The quantitative estimate of drug-likeness (QED) is 0.683. The molecule has 7 nitrogen and oxygen atoms in total. The van der Waals surface area contributed by atoms with Crippen LogP contribution in [0.3, 0.4) is 0 Å². The van der Waals surface area contributed by atoms with Crippen molar-refractivity contribution in [3.63, 3.8) is 0 Å².